The summed E-state index contributed by atoms with van der Waals surface area (Å²) >= 11 is 0. The smallest absolute Gasteiger partial charge is 0.312 e. The standard InChI is InChI=1S/C23H24N2O3/c26-21-16-25(15-18-8-4-10-20-19(18)9-5-12-24-20)13-11-23(21,22(27)28)14-17-6-2-1-3-7-17/h1-10,12,21,26H,11,13-16H2,(H,27,28)/t21-,23+/m0/s1. The lowest BCUT2D eigenvalue weighted by Gasteiger charge is -2.43. The van der Waals surface area contributed by atoms with Gasteiger partial charge in [0.25, 0.3) is 0 Å². The minimum Gasteiger partial charge on any atom is -0.481 e. The topological polar surface area (TPSA) is 73.7 Å². The number of likely N-dealkylation sites (tertiary alicyclic amines) is 1. The molecule has 0 saturated carbocycles. The molecule has 5 nitrogen and oxygen atoms in total. The van der Waals surface area contributed by atoms with Gasteiger partial charge in [0.2, 0.25) is 0 Å². The Hall–Kier alpha value is -2.76. The van der Waals surface area contributed by atoms with Gasteiger partial charge in [0, 0.05) is 24.7 Å². The summed E-state index contributed by atoms with van der Waals surface area (Å²) in [6, 6.07) is 19.6. The Kier molecular flexibility index (Phi) is 5.11. The number of piperidine rings is 1. The van der Waals surface area contributed by atoms with E-state index >= 15 is 0 Å². The molecule has 1 aliphatic heterocycles. The van der Waals surface area contributed by atoms with E-state index in [1.165, 1.54) is 0 Å². The molecule has 3 aromatic rings. The molecule has 2 heterocycles. The fraction of sp³-hybridized carbons (Fsp3) is 0.304. The molecule has 1 aliphatic rings. The molecule has 0 aliphatic carbocycles. The number of pyridine rings is 1. The summed E-state index contributed by atoms with van der Waals surface area (Å²) in [5.74, 6) is -0.919. The van der Waals surface area contributed by atoms with E-state index in [1.54, 1.807) is 6.20 Å². The summed E-state index contributed by atoms with van der Waals surface area (Å²) < 4.78 is 0. The number of carbonyl (C=O) groups is 1. The van der Waals surface area contributed by atoms with E-state index in [4.69, 9.17) is 0 Å². The first-order valence-electron chi connectivity index (χ1n) is 9.59. The molecule has 0 unspecified atom stereocenters. The van der Waals surface area contributed by atoms with Crippen LogP contribution in [0.4, 0.5) is 0 Å². The lowest BCUT2D eigenvalue weighted by molar-refractivity contribution is -0.163. The molecule has 0 spiro atoms. The zero-order chi connectivity index (χ0) is 19.6. The van der Waals surface area contributed by atoms with Gasteiger partial charge in [0.05, 0.1) is 11.6 Å². The predicted octanol–water partition coefficient (Wildman–Crippen LogP) is 3.12. The van der Waals surface area contributed by atoms with Crippen molar-refractivity contribution in [3.63, 3.8) is 0 Å². The van der Waals surface area contributed by atoms with Crippen LogP contribution in [-0.2, 0) is 17.8 Å². The predicted molar refractivity (Wildman–Crippen MR) is 108 cm³/mol. The Labute approximate surface area is 164 Å². The van der Waals surface area contributed by atoms with Gasteiger partial charge in [0.15, 0.2) is 0 Å². The maximum absolute atomic E-state index is 12.1. The highest BCUT2D eigenvalue weighted by Crippen LogP contribution is 2.36. The van der Waals surface area contributed by atoms with Gasteiger partial charge < -0.3 is 10.2 Å². The number of nitrogens with zero attached hydrogens (tertiary/aromatic N) is 2. The van der Waals surface area contributed by atoms with Crippen molar-refractivity contribution in [3.8, 4) is 0 Å². The molecular weight excluding hydrogens is 352 g/mol. The summed E-state index contributed by atoms with van der Waals surface area (Å²) in [6.45, 7) is 1.64. The van der Waals surface area contributed by atoms with Gasteiger partial charge >= 0.3 is 5.97 Å². The molecule has 28 heavy (non-hydrogen) atoms. The number of aliphatic carboxylic acids is 1. The normalized spacial score (nSPS) is 23.0. The van der Waals surface area contributed by atoms with Crippen molar-refractivity contribution in [2.45, 2.75) is 25.5 Å². The second-order valence-corrected chi connectivity index (χ2v) is 7.61. The van der Waals surface area contributed by atoms with E-state index in [0.29, 0.717) is 32.5 Å². The highest BCUT2D eigenvalue weighted by atomic mass is 16.4. The molecule has 4 rings (SSSR count). The van der Waals surface area contributed by atoms with E-state index < -0.39 is 17.5 Å². The van der Waals surface area contributed by atoms with E-state index in [0.717, 1.165) is 22.0 Å². The number of rotatable bonds is 5. The molecule has 1 saturated heterocycles. The van der Waals surface area contributed by atoms with Crippen LogP contribution in [0.2, 0.25) is 0 Å². The first kappa shape index (κ1) is 18.6. The first-order valence-corrected chi connectivity index (χ1v) is 9.59. The fourth-order valence-electron chi connectivity index (χ4n) is 4.22. The summed E-state index contributed by atoms with van der Waals surface area (Å²) in [6.07, 6.45) is 1.62. The van der Waals surface area contributed by atoms with Crippen LogP contribution in [0.5, 0.6) is 0 Å². The lowest BCUT2D eigenvalue weighted by atomic mass is 9.71. The van der Waals surface area contributed by atoms with Crippen molar-refractivity contribution >= 4 is 16.9 Å². The monoisotopic (exact) mass is 376 g/mol. The molecule has 0 bridgehead atoms. The van der Waals surface area contributed by atoms with Gasteiger partial charge in [-0.3, -0.25) is 14.7 Å². The largest absolute Gasteiger partial charge is 0.481 e. The van der Waals surface area contributed by atoms with Crippen molar-refractivity contribution in [2.75, 3.05) is 13.1 Å². The van der Waals surface area contributed by atoms with Crippen LogP contribution in [0.1, 0.15) is 17.5 Å². The number of aliphatic hydroxyl groups excluding tert-OH is 1. The molecule has 1 fully saturated rings. The van der Waals surface area contributed by atoms with Crippen molar-refractivity contribution in [1.82, 2.24) is 9.88 Å². The van der Waals surface area contributed by atoms with Crippen molar-refractivity contribution in [2.24, 2.45) is 5.41 Å². The highest BCUT2D eigenvalue weighted by molar-refractivity contribution is 5.82. The lowest BCUT2D eigenvalue weighted by Crippen LogP contribution is -2.55. The minimum atomic E-state index is -1.14. The molecule has 5 heteroatoms. The van der Waals surface area contributed by atoms with E-state index in [1.807, 2.05) is 48.5 Å². The maximum Gasteiger partial charge on any atom is 0.312 e. The zero-order valence-electron chi connectivity index (χ0n) is 15.7. The Balaban J connectivity index is 1.53. The number of fused-ring (bicyclic) bond motifs is 1. The van der Waals surface area contributed by atoms with Gasteiger partial charge in [-0.05, 0) is 42.6 Å². The SMILES string of the molecule is O=C(O)[C@@]1(Cc2ccccc2)CCN(Cc2cccc3ncccc23)C[C@@H]1O. The first-order chi connectivity index (χ1) is 13.6. The van der Waals surface area contributed by atoms with Crippen molar-refractivity contribution in [3.05, 3.63) is 78.0 Å². The molecule has 1 aromatic heterocycles. The Morgan fingerprint density at radius 3 is 2.68 bits per heavy atom. The number of β-amino-alcohol motifs (C(OH)–C–C–N with tert-alkyl or cyclic N) is 1. The van der Waals surface area contributed by atoms with Gasteiger partial charge in [-0.2, -0.15) is 0 Å². The molecule has 2 atom stereocenters. The fourth-order valence-corrected chi connectivity index (χ4v) is 4.22. The Morgan fingerprint density at radius 1 is 1.11 bits per heavy atom. The van der Waals surface area contributed by atoms with Crippen molar-refractivity contribution < 1.29 is 15.0 Å². The van der Waals surface area contributed by atoms with E-state index in [9.17, 15) is 15.0 Å². The van der Waals surface area contributed by atoms with Gasteiger partial charge in [0.1, 0.15) is 5.41 Å². The van der Waals surface area contributed by atoms with Gasteiger partial charge in [-0.15, -0.1) is 0 Å². The van der Waals surface area contributed by atoms with Gasteiger partial charge in [-0.25, -0.2) is 0 Å². The third-order valence-corrected chi connectivity index (χ3v) is 5.86. The van der Waals surface area contributed by atoms with Crippen LogP contribution in [0.3, 0.4) is 0 Å². The summed E-state index contributed by atoms with van der Waals surface area (Å²) in [5.41, 5.74) is 1.89. The molecular formula is C23H24N2O3. The second kappa shape index (κ2) is 7.70. The van der Waals surface area contributed by atoms with Crippen LogP contribution in [-0.4, -0.2) is 45.3 Å². The number of hydrogen-bond acceptors (Lipinski definition) is 4. The Morgan fingerprint density at radius 2 is 1.93 bits per heavy atom. The van der Waals surface area contributed by atoms with E-state index in [-0.39, 0.29) is 0 Å². The Bertz CT molecular complexity index is 971. The quantitative estimate of drug-likeness (QED) is 0.716. The molecule has 0 radical (unpaired) electrons. The van der Waals surface area contributed by atoms with Crippen LogP contribution >= 0.6 is 0 Å². The second-order valence-electron chi connectivity index (χ2n) is 7.61. The molecule has 2 N–H and O–H groups in total. The average Bonchev–Trinajstić information content (AvgIpc) is 2.71. The maximum atomic E-state index is 12.1. The summed E-state index contributed by atoms with van der Waals surface area (Å²) in [4.78, 5) is 18.7. The van der Waals surface area contributed by atoms with Crippen LogP contribution < -0.4 is 0 Å². The van der Waals surface area contributed by atoms with Crippen LogP contribution in [0.25, 0.3) is 10.9 Å². The number of benzene rings is 2. The number of carboxylic acids is 1. The molecule has 144 valence electrons. The zero-order valence-corrected chi connectivity index (χ0v) is 15.7. The van der Waals surface area contributed by atoms with E-state index in [2.05, 4.69) is 22.0 Å². The third-order valence-electron chi connectivity index (χ3n) is 5.86. The number of aliphatic hydroxyl groups is 1. The van der Waals surface area contributed by atoms with Gasteiger partial charge in [-0.1, -0.05) is 48.5 Å². The highest BCUT2D eigenvalue weighted by Gasteiger charge is 2.48. The van der Waals surface area contributed by atoms with Crippen LogP contribution in [0.15, 0.2) is 66.9 Å². The number of aromatic nitrogens is 1. The number of hydrogen-bond donors (Lipinski definition) is 2. The molecule has 0 amide bonds. The average molecular weight is 376 g/mol. The minimum absolute atomic E-state index is 0.343. The number of carboxylic acid groups (broad SMARTS) is 1. The van der Waals surface area contributed by atoms with Crippen LogP contribution in [0, 0.1) is 5.41 Å². The summed E-state index contributed by atoms with van der Waals surface area (Å²) in [7, 11) is 0. The van der Waals surface area contributed by atoms with Crippen molar-refractivity contribution in [1.29, 1.82) is 0 Å². The summed E-state index contributed by atoms with van der Waals surface area (Å²) in [5, 5.41) is 21.9. The molecule has 2 aromatic carbocycles. The third kappa shape index (κ3) is 3.51.